The molecule has 0 N–H and O–H groups in total. The van der Waals surface area contributed by atoms with E-state index in [0.29, 0.717) is 0 Å². The van der Waals surface area contributed by atoms with Crippen LogP contribution < -0.4 is 4.74 Å². The molecule has 5 nitrogen and oxygen atoms in total. The molecule has 0 aliphatic carbocycles. The monoisotopic (exact) mass is 240 g/mol. The number of pyridine rings is 1. The van der Waals surface area contributed by atoms with Crippen molar-refractivity contribution < 1.29 is 4.74 Å². The maximum Gasteiger partial charge on any atom is 0.183 e. The van der Waals surface area contributed by atoms with Crippen LogP contribution >= 0.6 is 0 Å². The highest BCUT2D eigenvalue weighted by atomic mass is 16.5. The molecule has 0 saturated carbocycles. The largest absolute Gasteiger partial charge is 0.497 e. The van der Waals surface area contributed by atoms with Gasteiger partial charge in [-0.3, -0.25) is 0 Å². The van der Waals surface area contributed by atoms with Crippen LogP contribution in [0.5, 0.6) is 5.75 Å². The van der Waals surface area contributed by atoms with E-state index < -0.39 is 0 Å². The Bertz CT molecular complexity index is 688. The minimum atomic E-state index is 0.764. The first kappa shape index (κ1) is 10.7. The van der Waals surface area contributed by atoms with Crippen molar-refractivity contribution in [3.8, 4) is 11.4 Å². The molecule has 5 heteroatoms. The summed E-state index contributed by atoms with van der Waals surface area (Å²) in [6.07, 6.45) is 0. The van der Waals surface area contributed by atoms with Crippen LogP contribution in [0.25, 0.3) is 16.9 Å². The summed E-state index contributed by atoms with van der Waals surface area (Å²) in [5.74, 6) is 0.812. The summed E-state index contributed by atoms with van der Waals surface area (Å²) in [5, 5.41) is 8.22. The molecular formula is C13H12N4O. The molecule has 0 aliphatic heterocycles. The SMILES string of the molecule is COc1ccc(-n2nnc3ccc(C)nc32)cc1. The molecule has 18 heavy (non-hydrogen) atoms. The lowest BCUT2D eigenvalue weighted by molar-refractivity contribution is 0.414. The van der Waals surface area contributed by atoms with Gasteiger partial charge in [0, 0.05) is 5.69 Å². The van der Waals surface area contributed by atoms with Gasteiger partial charge in [0.2, 0.25) is 0 Å². The van der Waals surface area contributed by atoms with Crippen molar-refractivity contribution >= 4 is 11.2 Å². The number of methoxy groups -OCH3 is 1. The molecule has 0 amide bonds. The van der Waals surface area contributed by atoms with E-state index in [1.54, 1.807) is 11.8 Å². The van der Waals surface area contributed by atoms with Gasteiger partial charge in [0.15, 0.2) is 5.65 Å². The third-order valence-electron chi connectivity index (χ3n) is 2.75. The van der Waals surface area contributed by atoms with E-state index in [4.69, 9.17) is 4.74 Å². The second kappa shape index (κ2) is 4.10. The molecule has 0 saturated heterocycles. The Morgan fingerprint density at radius 3 is 2.56 bits per heavy atom. The van der Waals surface area contributed by atoms with Crippen LogP contribution in [-0.2, 0) is 0 Å². The molecular weight excluding hydrogens is 228 g/mol. The number of hydrogen-bond acceptors (Lipinski definition) is 4. The molecule has 2 aromatic heterocycles. The summed E-state index contributed by atoms with van der Waals surface area (Å²) >= 11 is 0. The van der Waals surface area contributed by atoms with Crippen molar-refractivity contribution in [1.29, 1.82) is 0 Å². The van der Waals surface area contributed by atoms with Gasteiger partial charge in [0.25, 0.3) is 0 Å². The molecule has 0 fully saturated rings. The smallest absolute Gasteiger partial charge is 0.183 e. The van der Waals surface area contributed by atoms with Crippen LogP contribution in [0.2, 0.25) is 0 Å². The number of aryl methyl sites for hydroxylation is 1. The average molecular weight is 240 g/mol. The minimum Gasteiger partial charge on any atom is -0.497 e. The van der Waals surface area contributed by atoms with Crippen LogP contribution in [0.3, 0.4) is 0 Å². The molecule has 3 aromatic rings. The van der Waals surface area contributed by atoms with Crippen molar-refractivity contribution in [2.24, 2.45) is 0 Å². The van der Waals surface area contributed by atoms with Gasteiger partial charge >= 0.3 is 0 Å². The lowest BCUT2D eigenvalue weighted by atomic mass is 10.3. The van der Waals surface area contributed by atoms with Crippen LogP contribution in [0.4, 0.5) is 0 Å². The van der Waals surface area contributed by atoms with E-state index >= 15 is 0 Å². The van der Waals surface area contributed by atoms with E-state index in [1.165, 1.54) is 0 Å². The number of nitrogens with zero attached hydrogens (tertiary/aromatic N) is 4. The molecule has 90 valence electrons. The average Bonchev–Trinajstić information content (AvgIpc) is 2.82. The lowest BCUT2D eigenvalue weighted by Crippen LogP contribution is -1.98. The number of hydrogen-bond donors (Lipinski definition) is 0. The molecule has 2 heterocycles. The summed E-state index contributed by atoms with van der Waals surface area (Å²) < 4.78 is 6.86. The Labute approximate surface area is 104 Å². The first-order valence-electron chi connectivity index (χ1n) is 5.61. The maximum atomic E-state index is 5.13. The Kier molecular flexibility index (Phi) is 2.44. The molecule has 3 rings (SSSR count). The van der Waals surface area contributed by atoms with Crippen LogP contribution in [0, 0.1) is 6.92 Å². The predicted molar refractivity (Wildman–Crippen MR) is 67.9 cm³/mol. The summed E-state index contributed by atoms with van der Waals surface area (Å²) in [6, 6.07) is 11.5. The molecule has 0 aliphatic rings. The lowest BCUT2D eigenvalue weighted by Gasteiger charge is -2.03. The second-order valence-corrected chi connectivity index (χ2v) is 3.99. The van der Waals surface area contributed by atoms with E-state index in [0.717, 1.165) is 28.3 Å². The van der Waals surface area contributed by atoms with Gasteiger partial charge in [-0.1, -0.05) is 5.21 Å². The highest BCUT2D eigenvalue weighted by molar-refractivity contribution is 5.71. The third-order valence-corrected chi connectivity index (χ3v) is 2.75. The van der Waals surface area contributed by atoms with Crippen molar-refractivity contribution in [3.05, 3.63) is 42.1 Å². The number of aromatic nitrogens is 4. The van der Waals surface area contributed by atoms with Gasteiger partial charge in [0.05, 0.1) is 12.8 Å². The summed E-state index contributed by atoms with van der Waals surface area (Å²) in [4.78, 5) is 4.46. The normalized spacial score (nSPS) is 10.8. The highest BCUT2D eigenvalue weighted by Gasteiger charge is 2.07. The quantitative estimate of drug-likeness (QED) is 0.688. The van der Waals surface area contributed by atoms with Crippen LogP contribution in [0.1, 0.15) is 5.69 Å². The van der Waals surface area contributed by atoms with Crippen molar-refractivity contribution in [2.75, 3.05) is 7.11 Å². The Morgan fingerprint density at radius 1 is 1.06 bits per heavy atom. The zero-order valence-corrected chi connectivity index (χ0v) is 10.2. The van der Waals surface area contributed by atoms with E-state index in [-0.39, 0.29) is 0 Å². The fraction of sp³-hybridized carbons (Fsp3) is 0.154. The Hall–Kier alpha value is -2.43. The maximum absolute atomic E-state index is 5.13. The first-order chi connectivity index (χ1) is 8.78. The van der Waals surface area contributed by atoms with Gasteiger partial charge in [-0.25, -0.2) is 4.98 Å². The fourth-order valence-electron chi connectivity index (χ4n) is 1.80. The summed E-state index contributed by atoms with van der Waals surface area (Å²) in [6.45, 7) is 1.95. The molecule has 0 atom stereocenters. The second-order valence-electron chi connectivity index (χ2n) is 3.99. The first-order valence-corrected chi connectivity index (χ1v) is 5.61. The molecule has 0 unspecified atom stereocenters. The summed E-state index contributed by atoms with van der Waals surface area (Å²) in [7, 11) is 1.64. The minimum absolute atomic E-state index is 0.764. The number of rotatable bonds is 2. The number of benzene rings is 1. The van der Waals surface area contributed by atoms with Gasteiger partial charge in [0.1, 0.15) is 11.3 Å². The van der Waals surface area contributed by atoms with Crippen molar-refractivity contribution in [3.63, 3.8) is 0 Å². The standard InChI is InChI=1S/C13H12N4O/c1-9-3-8-12-13(14-9)17(16-15-12)10-4-6-11(18-2)7-5-10/h3-8H,1-2H3. The number of ether oxygens (including phenoxy) is 1. The van der Waals surface area contributed by atoms with Gasteiger partial charge < -0.3 is 4.74 Å². The molecule has 0 bridgehead atoms. The third kappa shape index (κ3) is 1.69. The van der Waals surface area contributed by atoms with E-state index in [9.17, 15) is 0 Å². The van der Waals surface area contributed by atoms with Crippen molar-refractivity contribution in [1.82, 2.24) is 20.0 Å². The van der Waals surface area contributed by atoms with E-state index in [1.807, 2.05) is 43.3 Å². The Morgan fingerprint density at radius 2 is 1.83 bits per heavy atom. The summed E-state index contributed by atoms with van der Waals surface area (Å²) in [5.41, 5.74) is 3.41. The van der Waals surface area contributed by atoms with Crippen LogP contribution in [0.15, 0.2) is 36.4 Å². The van der Waals surface area contributed by atoms with Crippen molar-refractivity contribution in [2.45, 2.75) is 6.92 Å². The van der Waals surface area contributed by atoms with Gasteiger partial charge in [-0.05, 0) is 43.3 Å². The predicted octanol–water partition coefficient (Wildman–Crippen LogP) is 2.13. The van der Waals surface area contributed by atoms with Crippen LogP contribution in [-0.4, -0.2) is 27.1 Å². The van der Waals surface area contributed by atoms with E-state index in [2.05, 4.69) is 15.3 Å². The van der Waals surface area contributed by atoms with Gasteiger partial charge in [-0.15, -0.1) is 5.10 Å². The fourth-order valence-corrected chi connectivity index (χ4v) is 1.80. The zero-order valence-electron chi connectivity index (χ0n) is 10.2. The molecule has 0 radical (unpaired) electrons. The zero-order chi connectivity index (χ0) is 12.5. The van der Waals surface area contributed by atoms with Gasteiger partial charge in [-0.2, -0.15) is 4.68 Å². The highest BCUT2D eigenvalue weighted by Crippen LogP contribution is 2.17. The molecule has 1 aromatic carbocycles. The Balaban J connectivity index is 2.15. The number of fused-ring (bicyclic) bond motifs is 1. The molecule has 0 spiro atoms. The topological polar surface area (TPSA) is 52.8 Å².